The second-order valence-corrected chi connectivity index (χ2v) is 8.82. The van der Waals surface area contributed by atoms with Crippen LogP contribution < -0.4 is 16.6 Å². The van der Waals surface area contributed by atoms with Crippen molar-refractivity contribution in [3.05, 3.63) is 69.0 Å². The lowest BCUT2D eigenvalue weighted by atomic mass is 9.93. The van der Waals surface area contributed by atoms with Crippen LogP contribution in [0.2, 0.25) is 0 Å². The number of carbonyl (C=O) groups is 5. The van der Waals surface area contributed by atoms with Crippen LogP contribution >= 0.6 is 0 Å². The minimum Gasteiger partial charge on any atom is -0.481 e. The number of aromatic nitrogens is 2. The Labute approximate surface area is 231 Å². The third kappa shape index (κ3) is 6.96. The Balaban J connectivity index is 2.23. The molecule has 0 aliphatic carbocycles. The van der Waals surface area contributed by atoms with Crippen molar-refractivity contribution in [1.29, 1.82) is 0 Å². The Morgan fingerprint density at radius 2 is 1.63 bits per heavy atom. The average Bonchev–Trinajstić information content (AvgIpc) is 3.09. The van der Waals surface area contributed by atoms with Gasteiger partial charge in [0.1, 0.15) is 6.61 Å². The predicted octanol–water partition coefficient (Wildman–Crippen LogP) is 0.307. The molecule has 1 saturated heterocycles. The lowest BCUT2D eigenvalue weighted by Gasteiger charge is -2.42. The smallest absolute Gasteiger partial charge is 0.409 e. The number of rotatable bonds is 10. The molecular formula is C25H27N3O13. The van der Waals surface area contributed by atoms with Crippen LogP contribution in [0.1, 0.15) is 45.4 Å². The molecule has 1 amide bonds. The summed E-state index contributed by atoms with van der Waals surface area (Å²) in [6, 6.07) is 9.32. The lowest BCUT2D eigenvalue weighted by Crippen LogP contribution is -2.69. The normalized spacial score (nSPS) is 20.9. The predicted molar refractivity (Wildman–Crippen MR) is 133 cm³/mol. The van der Waals surface area contributed by atoms with Crippen LogP contribution in [0.3, 0.4) is 0 Å². The molecule has 3 atom stereocenters. The SMILES string of the molecule is CC(=O)O[C@@H]1[C@H](n2ccc(=O)[nH]c2=O)O[C@](CCC(=O)O)(NC(=O)OCc2ccccc2)C1(OC(C)=O)OC(C)=O. The highest BCUT2D eigenvalue weighted by Crippen LogP contribution is 2.50. The summed E-state index contributed by atoms with van der Waals surface area (Å²) < 4.78 is 28.1. The molecule has 3 rings (SSSR count). The van der Waals surface area contributed by atoms with Crippen LogP contribution in [-0.4, -0.2) is 62.2 Å². The molecule has 3 N–H and O–H groups in total. The van der Waals surface area contributed by atoms with Crippen molar-refractivity contribution in [3.63, 3.8) is 0 Å². The third-order valence-electron chi connectivity index (χ3n) is 5.73. The van der Waals surface area contributed by atoms with Gasteiger partial charge in [-0.2, -0.15) is 0 Å². The van der Waals surface area contributed by atoms with Crippen LogP contribution in [0.25, 0.3) is 0 Å². The number of amides is 1. The molecule has 1 aliphatic rings. The van der Waals surface area contributed by atoms with E-state index in [0.717, 1.165) is 33.0 Å². The maximum atomic E-state index is 13.1. The standard InChI is InChI=1S/C25H27N3O13/c1-14(29)38-20-21(28-12-10-18(32)26-22(28)35)41-24(11-9-19(33)34,25(20,39-15(2)30)40-16(3)31)27-23(36)37-13-17-7-5-4-6-8-17/h4-8,10,12,20-21H,9,11,13H2,1-3H3,(H,27,36)(H,33,34)(H,26,32,35)/t20-,21-,24+/m1/s1. The van der Waals surface area contributed by atoms with Crippen LogP contribution in [0.4, 0.5) is 4.79 Å². The fourth-order valence-corrected chi connectivity index (χ4v) is 4.26. The highest BCUT2D eigenvalue weighted by Gasteiger charge is 2.75. The second-order valence-electron chi connectivity index (χ2n) is 8.82. The summed E-state index contributed by atoms with van der Waals surface area (Å²) in [6.45, 7) is 2.46. The minimum absolute atomic E-state index is 0.272. The summed E-state index contributed by atoms with van der Waals surface area (Å²) in [5.74, 6) is -7.63. The molecule has 0 spiro atoms. The van der Waals surface area contributed by atoms with Gasteiger partial charge in [0.2, 0.25) is 11.8 Å². The molecule has 0 bridgehead atoms. The first-order valence-electron chi connectivity index (χ1n) is 12.0. The number of ether oxygens (including phenoxy) is 5. The van der Waals surface area contributed by atoms with E-state index in [1.165, 1.54) is 0 Å². The number of carboxylic acids is 1. The number of aliphatic carboxylic acids is 1. The molecule has 220 valence electrons. The maximum absolute atomic E-state index is 13.1. The van der Waals surface area contributed by atoms with Gasteiger partial charge in [-0.3, -0.25) is 38.8 Å². The number of nitrogens with zero attached hydrogens (tertiary/aromatic N) is 1. The zero-order valence-corrected chi connectivity index (χ0v) is 22.1. The van der Waals surface area contributed by atoms with E-state index in [2.05, 4.69) is 5.32 Å². The van der Waals surface area contributed by atoms with Crippen molar-refractivity contribution in [2.75, 3.05) is 0 Å². The fourth-order valence-electron chi connectivity index (χ4n) is 4.26. The van der Waals surface area contributed by atoms with Gasteiger partial charge in [-0.15, -0.1) is 0 Å². The summed E-state index contributed by atoms with van der Waals surface area (Å²) >= 11 is 0. The third-order valence-corrected chi connectivity index (χ3v) is 5.73. The number of aromatic amines is 1. The number of alkyl carbamates (subject to hydrolysis) is 1. The molecule has 1 fully saturated rings. The number of carbonyl (C=O) groups excluding carboxylic acids is 4. The fraction of sp³-hybridized carbons (Fsp3) is 0.400. The number of hydrogen-bond donors (Lipinski definition) is 3. The Morgan fingerprint density at radius 1 is 1.00 bits per heavy atom. The summed E-state index contributed by atoms with van der Waals surface area (Å²) in [7, 11) is 0. The van der Waals surface area contributed by atoms with E-state index >= 15 is 0 Å². The zero-order valence-electron chi connectivity index (χ0n) is 22.1. The van der Waals surface area contributed by atoms with Crippen LogP contribution in [-0.2, 0) is 49.5 Å². The topological polar surface area (TPSA) is 219 Å². The quantitative estimate of drug-likeness (QED) is 0.197. The second kappa shape index (κ2) is 12.5. The number of esters is 3. The molecule has 2 aromatic rings. The molecule has 2 heterocycles. The average molecular weight is 577 g/mol. The Bertz CT molecular complexity index is 1420. The Hall–Kier alpha value is -4.99. The molecule has 41 heavy (non-hydrogen) atoms. The molecule has 0 unspecified atom stereocenters. The summed E-state index contributed by atoms with van der Waals surface area (Å²) in [4.78, 5) is 88.2. The van der Waals surface area contributed by atoms with Gasteiger partial charge in [0.15, 0.2) is 6.23 Å². The van der Waals surface area contributed by atoms with Gasteiger partial charge in [0, 0.05) is 39.5 Å². The first-order chi connectivity index (χ1) is 19.3. The minimum atomic E-state index is -2.90. The number of carboxylic acid groups (broad SMARTS) is 1. The molecule has 16 heteroatoms. The van der Waals surface area contributed by atoms with Gasteiger partial charge < -0.3 is 28.8 Å². The summed E-state index contributed by atoms with van der Waals surface area (Å²) in [5.41, 5.74) is -3.97. The van der Waals surface area contributed by atoms with Crippen LogP contribution in [0, 0.1) is 0 Å². The van der Waals surface area contributed by atoms with Crippen molar-refractivity contribution in [3.8, 4) is 0 Å². The van der Waals surface area contributed by atoms with Crippen LogP contribution in [0.15, 0.2) is 52.2 Å². The van der Waals surface area contributed by atoms with E-state index in [0.29, 0.717) is 10.1 Å². The first-order valence-corrected chi connectivity index (χ1v) is 12.0. The highest BCUT2D eigenvalue weighted by molar-refractivity contribution is 5.73. The Kier molecular flexibility index (Phi) is 9.28. The summed E-state index contributed by atoms with van der Waals surface area (Å²) in [5, 5.41) is 11.8. The highest BCUT2D eigenvalue weighted by atomic mass is 16.8. The zero-order chi connectivity index (χ0) is 30.4. The largest absolute Gasteiger partial charge is 0.481 e. The van der Waals surface area contributed by atoms with Gasteiger partial charge in [0.05, 0.1) is 6.42 Å². The van der Waals surface area contributed by atoms with Crippen molar-refractivity contribution < 1.29 is 52.8 Å². The number of H-pyrrole nitrogens is 1. The van der Waals surface area contributed by atoms with E-state index in [-0.39, 0.29) is 6.61 Å². The van der Waals surface area contributed by atoms with Crippen molar-refractivity contribution in [1.82, 2.24) is 14.9 Å². The summed E-state index contributed by atoms with van der Waals surface area (Å²) in [6.07, 6.45) is -5.75. The molecule has 1 aliphatic heterocycles. The number of hydrogen-bond acceptors (Lipinski definition) is 12. The molecule has 0 radical (unpaired) electrons. The van der Waals surface area contributed by atoms with Crippen molar-refractivity contribution >= 4 is 30.0 Å². The molecule has 1 aromatic heterocycles. The van der Waals surface area contributed by atoms with Crippen molar-refractivity contribution in [2.24, 2.45) is 0 Å². The van der Waals surface area contributed by atoms with Gasteiger partial charge in [-0.25, -0.2) is 9.59 Å². The van der Waals surface area contributed by atoms with E-state index < -0.39 is 77.9 Å². The number of nitrogens with one attached hydrogen (secondary N) is 2. The molecular weight excluding hydrogens is 550 g/mol. The Morgan fingerprint density at radius 3 is 2.17 bits per heavy atom. The molecule has 16 nitrogen and oxygen atoms in total. The molecule has 0 saturated carbocycles. The molecule has 1 aromatic carbocycles. The van der Waals surface area contributed by atoms with E-state index in [1.807, 2.05) is 4.98 Å². The van der Waals surface area contributed by atoms with Gasteiger partial charge in [0.25, 0.3) is 5.56 Å². The van der Waals surface area contributed by atoms with E-state index in [4.69, 9.17) is 23.7 Å². The monoisotopic (exact) mass is 577 g/mol. The van der Waals surface area contributed by atoms with Crippen molar-refractivity contribution in [2.45, 2.75) is 64.1 Å². The van der Waals surface area contributed by atoms with E-state index in [1.54, 1.807) is 30.3 Å². The number of benzene rings is 1. The van der Waals surface area contributed by atoms with E-state index in [9.17, 15) is 38.7 Å². The van der Waals surface area contributed by atoms with Gasteiger partial charge in [-0.1, -0.05) is 30.3 Å². The van der Waals surface area contributed by atoms with Gasteiger partial charge >= 0.3 is 41.4 Å². The van der Waals surface area contributed by atoms with Crippen LogP contribution in [0.5, 0.6) is 0 Å². The first kappa shape index (κ1) is 30.6. The lowest BCUT2D eigenvalue weighted by molar-refractivity contribution is -0.297. The van der Waals surface area contributed by atoms with Gasteiger partial charge in [-0.05, 0) is 5.56 Å². The maximum Gasteiger partial charge on any atom is 0.409 e.